The van der Waals surface area contributed by atoms with Crippen molar-refractivity contribution < 1.29 is 10.2 Å². The van der Waals surface area contributed by atoms with E-state index in [9.17, 15) is 10.2 Å². The maximum atomic E-state index is 9.95. The van der Waals surface area contributed by atoms with Crippen molar-refractivity contribution in [3.8, 4) is 0 Å². The van der Waals surface area contributed by atoms with E-state index < -0.39 is 0 Å². The molecule has 0 fully saturated rings. The Morgan fingerprint density at radius 1 is 1.09 bits per heavy atom. The van der Waals surface area contributed by atoms with Crippen molar-refractivity contribution >= 4 is 23.1 Å². The summed E-state index contributed by atoms with van der Waals surface area (Å²) >= 11 is 0. The van der Waals surface area contributed by atoms with Crippen molar-refractivity contribution in [2.24, 2.45) is 5.41 Å². The zero-order chi connectivity index (χ0) is 8.62. The molecule has 0 bridgehead atoms. The number of rotatable bonds is 1. The van der Waals surface area contributed by atoms with Gasteiger partial charge in [0.2, 0.25) is 0 Å². The van der Waals surface area contributed by atoms with Crippen LogP contribution in [-0.2, 0) is 0 Å². The molecule has 0 atom stereocenters. The van der Waals surface area contributed by atoms with E-state index in [1.165, 1.54) is 0 Å². The van der Waals surface area contributed by atoms with Crippen LogP contribution in [0.15, 0.2) is 0 Å². The molecular weight excluding hydrogens is 152 g/mol. The van der Waals surface area contributed by atoms with Crippen LogP contribution in [0.2, 0.25) is 0 Å². The molecule has 0 aromatic carbocycles. The summed E-state index contributed by atoms with van der Waals surface area (Å²) in [7, 11) is 0. The molecule has 0 amide bonds. The Kier molecular flexibility index (Phi) is 17.2. The number of hydrogen-bond donors (Lipinski definition) is 0. The second kappa shape index (κ2) is 10.7. The monoisotopic (exact) mass is 170 g/mol. The third-order valence-electron chi connectivity index (χ3n) is 0.637. The molecule has 11 heavy (non-hydrogen) atoms. The van der Waals surface area contributed by atoms with Gasteiger partial charge in [-0.3, -0.25) is 0 Å². The normalized spacial score (nSPS) is 9.27. The summed E-state index contributed by atoms with van der Waals surface area (Å²) < 4.78 is 0. The third-order valence-corrected chi connectivity index (χ3v) is 0.637. The van der Waals surface area contributed by atoms with Gasteiger partial charge in [-0.2, -0.15) is 0 Å². The fourth-order valence-electron chi connectivity index (χ4n) is 0. The minimum absolute atomic E-state index is 0. The van der Waals surface area contributed by atoms with E-state index in [4.69, 9.17) is 0 Å². The van der Waals surface area contributed by atoms with Gasteiger partial charge in [0.25, 0.3) is 0 Å². The molecule has 0 rings (SSSR count). The maximum absolute atomic E-state index is 9.95. The van der Waals surface area contributed by atoms with Gasteiger partial charge in [-0.15, -0.1) is 13.2 Å². The first-order valence-electron chi connectivity index (χ1n) is 3.64. The van der Waals surface area contributed by atoms with Crippen molar-refractivity contribution in [3.05, 3.63) is 0 Å². The molecule has 64 valence electrons. The van der Waals surface area contributed by atoms with Crippen molar-refractivity contribution in [3.63, 3.8) is 0 Å². The van der Waals surface area contributed by atoms with Crippen LogP contribution >= 0.6 is 0 Å². The van der Waals surface area contributed by atoms with Crippen LogP contribution in [-0.4, -0.2) is 36.3 Å². The summed E-state index contributed by atoms with van der Waals surface area (Å²) in [6, 6.07) is 0. The molecule has 0 aliphatic heterocycles. The van der Waals surface area contributed by atoms with Gasteiger partial charge < -0.3 is 10.2 Å². The first kappa shape index (κ1) is 17.7. The standard InChI is InChI=1S/C5H11O.C3H7O.Mg/c1-5(2,3)4-6;1-2-3-4;/h4H2,1-3H3;2-3H2,1H3;/q2*-1;+2. The minimum atomic E-state index is -0.0139. The van der Waals surface area contributed by atoms with Crippen LogP contribution in [0, 0.1) is 5.41 Å². The van der Waals surface area contributed by atoms with Gasteiger partial charge in [0.1, 0.15) is 0 Å². The third kappa shape index (κ3) is 36.7. The predicted octanol–water partition coefficient (Wildman–Crippen LogP) is -0.231. The summed E-state index contributed by atoms with van der Waals surface area (Å²) in [5.74, 6) is 0. The smallest absolute Gasteiger partial charge is 0.854 e. The molecule has 0 N–H and O–H groups in total. The number of hydrogen-bond acceptors (Lipinski definition) is 2. The first-order valence-corrected chi connectivity index (χ1v) is 3.64. The molecule has 0 radical (unpaired) electrons. The molecule has 0 unspecified atom stereocenters. The summed E-state index contributed by atoms with van der Waals surface area (Å²) in [4.78, 5) is 0. The molecule has 0 aliphatic carbocycles. The van der Waals surface area contributed by atoms with Gasteiger partial charge in [0.05, 0.1) is 0 Å². The van der Waals surface area contributed by atoms with E-state index in [1.54, 1.807) is 0 Å². The quantitative estimate of drug-likeness (QED) is 0.511. The van der Waals surface area contributed by atoms with E-state index in [-0.39, 0.29) is 41.7 Å². The average molecular weight is 171 g/mol. The zero-order valence-corrected chi connectivity index (χ0v) is 9.56. The Morgan fingerprint density at radius 2 is 1.27 bits per heavy atom. The van der Waals surface area contributed by atoms with Crippen molar-refractivity contribution in [2.45, 2.75) is 34.1 Å². The van der Waals surface area contributed by atoms with Gasteiger partial charge in [-0.1, -0.05) is 39.5 Å². The molecule has 0 spiro atoms. The van der Waals surface area contributed by atoms with Crippen molar-refractivity contribution in [2.75, 3.05) is 13.2 Å². The molecule has 0 saturated carbocycles. The molecule has 2 nitrogen and oxygen atoms in total. The Balaban J connectivity index is -0.000000114. The second-order valence-corrected chi connectivity index (χ2v) is 3.41. The molecule has 0 heterocycles. The largest absolute Gasteiger partial charge is 2.00 e. The van der Waals surface area contributed by atoms with Crippen LogP contribution in [0.1, 0.15) is 34.1 Å². The molecule has 0 saturated heterocycles. The fourth-order valence-corrected chi connectivity index (χ4v) is 0. The first-order chi connectivity index (χ1) is 4.47. The van der Waals surface area contributed by atoms with Gasteiger partial charge in [-0.05, 0) is 0 Å². The molecular formula is C8H18MgO2. The molecule has 0 aliphatic rings. The Morgan fingerprint density at radius 3 is 1.27 bits per heavy atom. The van der Waals surface area contributed by atoms with Crippen LogP contribution in [0.4, 0.5) is 0 Å². The molecule has 3 heteroatoms. The Hall–Kier alpha value is 0.686. The van der Waals surface area contributed by atoms with E-state index in [0.717, 1.165) is 6.42 Å². The van der Waals surface area contributed by atoms with Crippen LogP contribution in [0.5, 0.6) is 0 Å². The minimum Gasteiger partial charge on any atom is -0.854 e. The van der Waals surface area contributed by atoms with Crippen LogP contribution in [0.25, 0.3) is 0 Å². The van der Waals surface area contributed by atoms with Crippen molar-refractivity contribution in [1.29, 1.82) is 0 Å². The van der Waals surface area contributed by atoms with Crippen LogP contribution < -0.4 is 10.2 Å². The SMILES string of the molecule is CC(C)(C)C[O-].CCC[O-].[Mg+2]. The molecule has 0 aromatic rings. The molecule has 0 aromatic heterocycles. The Labute approximate surface area is 86.2 Å². The summed E-state index contributed by atoms with van der Waals surface area (Å²) in [5.41, 5.74) is -0.0139. The summed E-state index contributed by atoms with van der Waals surface area (Å²) in [6.45, 7) is 7.75. The predicted molar refractivity (Wildman–Crippen MR) is 45.2 cm³/mol. The topological polar surface area (TPSA) is 46.1 Å². The second-order valence-electron chi connectivity index (χ2n) is 3.41. The van der Waals surface area contributed by atoms with E-state index in [1.807, 2.05) is 27.7 Å². The Bertz CT molecular complexity index is 57.6. The van der Waals surface area contributed by atoms with Crippen LogP contribution in [0.3, 0.4) is 0 Å². The van der Waals surface area contributed by atoms with Gasteiger partial charge in [-0.25, -0.2) is 0 Å². The van der Waals surface area contributed by atoms with Gasteiger partial charge in [0.15, 0.2) is 0 Å². The van der Waals surface area contributed by atoms with Crippen molar-refractivity contribution in [1.82, 2.24) is 0 Å². The van der Waals surface area contributed by atoms with E-state index in [2.05, 4.69) is 0 Å². The zero-order valence-electron chi connectivity index (χ0n) is 8.14. The summed E-state index contributed by atoms with van der Waals surface area (Å²) in [5, 5.41) is 19.2. The van der Waals surface area contributed by atoms with Gasteiger partial charge >= 0.3 is 23.1 Å². The average Bonchev–Trinajstić information content (AvgIpc) is 1.87. The maximum Gasteiger partial charge on any atom is 2.00 e. The summed E-state index contributed by atoms with van der Waals surface area (Å²) in [6.07, 6.45) is 0.764. The van der Waals surface area contributed by atoms with E-state index in [0.29, 0.717) is 0 Å². The van der Waals surface area contributed by atoms with Gasteiger partial charge in [0, 0.05) is 0 Å². The fraction of sp³-hybridized carbons (Fsp3) is 1.00. The van der Waals surface area contributed by atoms with E-state index >= 15 is 0 Å².